The minimum absolute atomic E-state index is 0.0298. The van der Waals surface area contributed by atoms with Crippen LogP contribution in [0.4, 0.5) is 5.13 Å². The van der Waals surface area contributed by atoms with Gasteiger partial charge in [-0.25, -0.2) is 4.98 Å². The van der Waals surface area contributed by atoms with Crippen molar-refractivity contribution in [3.63, 3.8) is 0 Å². The van der Waals surface area contributed by atoms with Gasteiger partial charge in [-0.1, -0.05) is 69.5 Å². The number of methoxy groups -OCH3 is 2. The molecule has 352 valence electrons. The van der Waals surface area contributed by atoms with E-state index in [1.54, 1.807) is 62.8 Å². The maximum atomic E-state index is 13.2. The molecule has 5 N–H and O–H groups in total. The lowest BCUT2D eigenvalue weighted by molar-refractivity contribution is -0.125. The van der Waals surface area contributed by atoms with Crippen molar-refractivity contribution in [3.8, 4) is 17.1 Å². The van der Waals surface area contributed by atoms with Crippen LogP contribution in [0, 0.1) is 11.8 Å². The molecule has 3 aliphatic rings. The third-order valence-corrected chi connectivity index (χ3v) is 14.3. The average Bonchev–Trinajstić information content (AvgIpc) is 3.69. The minimum Gasteiger partial charge on any atom is -0.497 e. The summed E-state index contributed by atoms with van der Waals surface area (Å²) in [5.41, 5.74) is 2.80. The number of pyridine rings is 1. The van der Waals surface area contributed by atoms with Gasteiger partial charge in [-0.15, -0.1) is 17.9 Å². The normalized spacial score (nSPS) is 19.8. The van der Waals surface area contributed by atoms with Crippen LogP contribution in [0.15, 0.2) is 71.4 Å². The maximum Gasteiger partial charge on any atom is 0.238 e. The first-order valence-electron chi connectivity index (χ1n) is 21.7. The van der Waals surface area contributed by atoms with Gasteiger partial charge < -0.3 is 40.1 Å². The Labute approximate surface area is 387 Å². The highest BCUT2D eigenvalue weighted by Crippen LogP contribution is 2.71. The molecular formula is C47H68ClN6O8PS. The zero-order chi connectivity index (χ0) is 47.5. The number of ether oxygens (including phenoxy) is 2. The Morgan fingerprint density at radius 2 is 1.78 bits per heavy atom. The number of likely N-dealkylation sites (N-methyl/N-ethyl adjacent to an activating group) is 1. The number of hydrogen-bond acceptors (Lipinski definition) is 11. The fourth-order valence-electron chi connectivity index (χ4n) is 7.15. The number of aromatic nitrogens is 2. The average molecular weight is 944 g/mol. The van der Waals surface area contributed by atoms with E-state index in [1.165, 1.54) is 37.0 Å². The lowest BCUT2D eigenvalue weighted by Crippen LogP contribution is -2.47. The number of halogens is 1. The number of amides is 2. The van der Waals surface area contributed by atoms with Crippen molar-refractivity contribution in [1.29, 1.82) is 0 Å². The summed E-state index contributed by atoms with van der Waals surface area (Å²) in [5, 5.41) is 11.1. The number of aromatic amines is 1. The number of thiazole rings is 1. The maximum absolute atomic E-state index is 13.2. The van der Waals surface area contributed by atoms with Gasteiger partial charge in [-0.05, 0) is 89.2 Å². The monoisotopic (exact) mass is 942 g/mol. The summed E-state index contributed by atoms with van der Waals surface area (Å²) >= 11 is 7.68. The fourth-order valence-corrected chi connectivity index (χ4v) is 10.7. The highest BCUT2D eigenvalue weighted by atomic mass is 35.5. The second-order valence-corrected chi connectivity index (χ2v) is 20.7. The van der Waals surface area contributed by atoms with Crippen LogP contribution in [0.5, 0.6) is 5.75 Å². The number of rotatable bonds is 14. The summed E-state index contributed by atoms with van der Waals surface area (Å²) in [6.07, 6.45) is 10.8. The van der Waals surface area contributed by atoms with Crippen molar-refractivity contribution in [1.82, 2.24) is 25.5 Å². The van der Waals surface area contributed by atoms with E-state index >= 15 is 0 Å². The zero-order valence-corrected chi connectivity index (χ0v) is 41.0. The van der Waals surface area contributed by atoms with E-state index in [9.17, 15) is 28.6 Å². The molecule has 4 atom stereocenters. The number of likely N-dealkylation sites (tertiary alicyclic amines) is 1. The number of carbonyl (C=O) groups is 3. The number of nitrogens with zero attached hydrogens (tertiary/aromatic N) is 2. The lowest BCUT2D eigenvalue weighted by Gasteiger charge is -2.28. The van der Waals surface area contributed by atoms with Crippen LogP contribution >= 0.6 is 30.3 Å². The van der Waals surface area contributed by atoms with Gasteiger partial charge in [0.25, 0.3) is 0 Å². The Hall–Kier alpha value is -4.37. The molecule has 3 heterocycles. The van der Waals surface area contributed by atoms with Crippen LogP contribution in [0.1, 0.15) is 85.1 Å². The van der Waals surface area contributed by atoms with E-state index in [4.69, 9.17) is 21.1 Å². The Morgan fingerprint density at radius 1 is 1.09 bits per heavy atom. The molecular weight excluding hydrogens is 875 g/mol. The third kappa shape index (κ3) is 16.3. The Bertz CT molecular complexity index is 2200. The van der Waals surface area contributed by atoms with Crippen LogP contribution in [-0.4, -0.2) is 96.2 Å². The second kappa shape index (κ2) is 26.6. The van der Waals surface area contributed by atoms with Crippen molar-refractivity contribution in [2.24, 2.45) is 11.8 Å². The Balaban J connectivity index is 0.000000251. The van der Waals surface area contributed by atoms with E-state index in [2.05, 4.69) is 67.1 Å². The summed E-state index contributed by atoms with van der Waals surface area (Å²) in [6.45, 7) is 15.4. The summed E-state index contributed by atoms with van der Waals surface area (Å²) in [7, 11) is 1.59. The highest BCUT2D eigenvalue weighted by Gasteiger charge is 2.65. The molecule has 14 nitrogen and oxygen atoms in total. The molecule has 1 saturated heterocycles. The van der Waals surface area contributed by atoms with E-state index in [0.717, 1.165) is 41.6 Å². The molecule has 2 aromatic carbocycles. The van der Waals surface area contributed by atoms with Crippen molar-refractivity contribution in [2.75, 3.05) is 39.7 Å². The summed E-state index contributed by atoms with van der Waals surface area (Å²) in [4.78, 5) is 64.2. The topological polar surface area (TPSA) is 192 Å². The van der Waals surface area contributed by atoms with E-state index < -0.39 is 12.6 Å². The first-order chi connectivity index (χ1) is 30.4. The second-order valence-electron chi connectivity index (χ2n) is 16.9. The molecule has 3 unspecified atom stereocenters. The molecule has 2 aliphatic carbocycles. The molecule has 0 spiro atoms. The van der Waals surface area contributed by atoms with Gasteiger partial charge in [-0.2, -0.15) is 0 Å². The van der Waals surface area contributed by atoms with Crippen molar-refractivity contribution < 1.29 is 33.3 Å². The van der Waals surface area contributed by atoms with Gasteiger partial charge >= 0.3 is 0 Å². The predicted octanol–water partition coefficient (Wildman–Crippen LogP) is 8.87. The number of carbonyl (C=O) groups excluding carboxylic acids is 3. The number of hydrogen-bond donors (Lipinski definition) is 5. The van der Waals surface area contributed by atoms with Gasteiger partial charge in [0.15, 0.2) is 10.6 Å². The van der Waals surface area contributed by atoms with Crippen LogP contribution in [-0.2, 0) is 29.8 Å². The van der Waals surface area contributed by atoms with Gasteiger partial charge in [-0.3, -0.25) is 23.8 Å². The largest absolute Gasteiger partial charge is 0.497 e. The quantitative estimate of drug-likeness (QED) is 0.0351. The number of nitrogens with one attached hydrogen (secondary N) is 4. The molecule has 2 aromatic heterocycles. The number of anilines is 1. The molecule has 3 fully saturated rings. The predicted molar refractivity (Wildman–Crippen MR) is 261 cm³/mol. The van der Waals surface area contributed by atoms with Crippen molar-refractivity contribution in [2.45, 2.75) is 109 Å². The van der Waals surface area contributed by atoms with E-state index in [0.29, 0.717) is 58.7 Å². The summed E-state index contributed by atoms with van der Waals surface area (Å²) in [6, 6.07) is 14.1. The number of benzene rings is 2. The van der Waals surface area contributed by atoms with Gasteiger partial charge in [0.2, 0.25) is 19.7 Å². The summed E-state index contributed by atoms with van der Waals surface area (Å²) < 4.78 is 23.6. The SMILES string of the molecule is C=CC1C[C@]1(NC(=O)C1CCCN1C)P(=O)(O)Cc1ccccc1Cl.CC(C)C.COC1CCCC1.COc1ccc2c(=O)cc(-c3csc(NC(C)C)n3)[nH]c2c1.O=CCNC=O. The standard InChI is InChI=1S/C18H24ClN2O3P.C16H17N3O2S.C6H12O.C4H10.C3H5NO2/c1-3-14-11-18(14,20-17(22)16-9-6-10-21(16)2)25(23,24)12-13-7-4-5-8-15(13)19;1-9(2)17-16-19-14(8-22-16)13-7-15(20)11-5-4-10(21-3)6-12(11)18-13;1-7-6-4-2-3-5-6;1-4(2)3;5-2-1-4-3-6/h3-5,7-8,14,16H,1,6,9-12H2,2H3,(H,20,22)(H,23,24);4-9H,1-3H3,(H,17,19)(H,18,20);6H,2-5H2,1H3;4H,1-3H3;2-3H,1H2,(H,4,6)/t14?,16?,18-;;;;/m0..../s1. The summed E-state index contributed by atoms with van der Waals surface area (Å²) in [5.74, 6) is 1.18. The molecule has 0 radical (unpaired) electrons. The van der Waals surface area contributed by atoms with Gasteiger partial charge in [0.1, 0.15) is 17.3 Å². The number of fused-ring (bicyclic) bond motifs is 1. The third-order valence-electron chi connectivity index (χ3n) is 10.5. The van der Waals surface area contributed by atoms with Gasteiger partial charge in [0.05, 0.1) is 48.9 Å². The van der Waals surface area contributed by atoms with E-state index in [-0.39, 0.29) is 36.0 Å². The minimum atomic E-state index is -3.73. The number of H-pyrrole nitrogens is 1. The van der Waals surface area contributed by atoms with Crippen LogP contribution < -0.4 is 26.1 Å². The van der Waals surface area contributed by atoms with E-state index in [1.807, 2.05) is 23.4 Å². The molecule has 4 aromatic rings. The number of aldehydes is 1. The molecule has 2 saturated carbocycles. The molecule has 17 heteroatoms. The van der Waals surface area contributed by atoms with Crippen LogP contribution in [0.3, 0.4) is 0 Å². The fraction of sp³-hybridized carbons (Fsp3) is 0.511. The molecule has 0 bridgehead atoms. The van der Waals surface area contributed by atoms with Crippen molar-refractivity contribution in [3.05, 3.63) is 87.4 Å². The van der Waals surface area contributed by atoms with Gasteiger partial charge in [0, 0.05) is 47.0 Å². The highest BCUT2D eigenvalue weighted by molar-refractivity contribution is 7.59. The molecule has 64 heavy (non-hydrogen) atoms. The first-order valence-corrected chi connectivity index (χ1v) is 24.8. The molecule has 2 amide bonds. The van der Waals surface area contributed by atoms with Crippen LogP contribution in [0.2, 0.25) is 5.02 Å². The van der Waals surface area contributed by atoms with Crippen molar-refractivity contribution >= 4 is 64.9 Å². The molecule has 7 rings (SSSR count). The van der Waals surface area contributed by atoms with Crippen LogP contribution in [0.25, 0.3) is 22.3 Å². The molecule has 1 aliphatic heterocycles. The zero-order valence-electron chi connectivity index (χ0n) is 38.5. The Kier molecular flexibility index (Phi) is 22.4. The Morgan fingerprint density at radius 3 is 2.30 bits per heavy atom. The lowest BCUT2D eigenvalue weighted by atomic mass is 10.1. The first kappa shape index (κ1) is 54.0. The smallest absolute Gasteiger partial charge is 0.238 e.